The van der Waals surface area contributed by atoms with Crippen molar-refractivity contribution in [1.29, 1.82) is 0 Å². The van der Waals surface area contributed by atoms with Gasteiger partial charge >= 0.3 is 12.1 Å². The van der Waals surface area contributed by atoms with Crippen LogP contribution in [0, 0.1) is 17.8 Å². The van der Waals surface area contributed by atoms with Gasteiger partial charge in [0.05, 0.1) is 18.8 Å². The van der Waals surface area contributed by atoms with Crippen LogP contribution in [-0.4, -0.2) is 87.1 Å². The predicted molar refractivity (Wildman–Crippen MR) is 191 cm³/mol. The van der Waals surface area contributed by atoms with Crippen LogP contribution in [0.4, 0.5) is 4.79 Å². The number of carbonyl (C=O) groups is 2. The molecule has 3 saturated heterocycles. The number of unbranched alkanes of at least 4 members (excludes halogenated alkanes) is 2. The molecule has 2 aromatic rings. The molecule has 11 atom stereocenters. The minimum absolute atomic E-state index is 0.0374. The fourth-order valence-electron chi connectivity index (χ4n) is 6.80. The molecule has 3 heterocycles. The third kappa shape index (κ3) is 11.1. The van der Waals surface area contributed by atoms with E-state index in [1.807, 2.05) is 88.4 Å². The van der Waals surface area contributed by atoms with Crippen LogP contribution >= 0.6 is 0 Å². The van der Waals surface area contributed by atoms with Gasteiger partial charge in [-0.2, -0.15) is 0 Å². The van der Waals surface area contributed by atoms with E-state index >= 15 is 0 Å². The van der Waals surface area contributed by atoms with E-state index in [9.17, 15) is 9.59 Å². The highest BCUT2D eigenvalue weighted by atomic mass is 16.8. The molecule has 0 bridgehead atoms. The zero-order chi connectivity index (χ0) is 37.3. The van der Waals surface area contributed by atoms with Crippen molar-refractivity contribution in [3.8, 4) is 5.75 Å². The van der Waals surface area contributed by atoms with Crippen molar-refractivity contribution in [2.75, 3.05) is 26.4 Å². The Hall–Kier alpha value is -3.26. The summed E-state index contributed by atoms with van der Waals surface area (Å²) in [7, 11) is 0. The molecule has 5 unspecified atom stereocenters. The Morgan fingerprint density at radius 3 is 2.23 bits per heavy atom. The topological polar surface area (TPSA) is 129 Å². The molecule has 5 rings (SSSR count). The van der Waals surface area contributed by atoms with Crippen molar-refractivity contribution in [2.24, 2.45) is 17.8 Å². The standard InChI is InChI=1S/C40H57NO11/c1-25-26(2)36(48-32-24-46-37(51-33(25)32)29-17-11-8-12-18-29)50-34-27(3)35(47-28(4)42)38(49-31(34)23-45-30-19-13-9-14-20-30)44-22-16-10-15-21-41-39(43)52-40(5,6)7/h8-9,11-14,17-20,25-27,31-38H,10,15-16,21-24H2,1-7H3,(H,41,43)/t25-,26?,27+,31?,32?,33-,34+,35?,36+,37?,38-/m1/s1. The highest BCUT2D eigenvalue weighted by molar-refractivity contribution is 5.67. The number of carbonyl (C=O) groups excluding carboxylic acids is 2. The number of fused-ring (bicyclic) bond motifs is 1. The number of alkyl carbamates (subject to hydrolysis) is 1. The summed E-state index contributed by atoms with van der Waals surface area (Å²) in [5, 5.41) is 2.78. The van der Waals surface area contributed by atoms with Gasteiger partial charge in [0.25, 0.3) is 0 Å². The number of hydrogen-bond acceptors (Lipinski definition) is 11. The molecule has 1 amide bonds. The second-order valence-corrected chi connectivity index (χ2v) is 15.0. The van der Waals surface area contributed by atoms with Crippen molar-refractivity contribution >= 4 is 12.1 Å². The van der Waals surface area contributed by atoms with Gasteiger partial charge in [0.2, 0.25) is 0 Å². The zero-order valence-electron chi connectivity index (χ0n) is 31.6. The lowest BCUT2D eigenvalue weighted by Crippen LogP contribution is -2.61. The average Bonchev–Trinajstić information content (AvgIpc) is 3.11. The van der Waals surface area contributed by atoms with Crippen molar-refractivity contribution in [2.45, 2.75) is 123 Å². The van der Waals surface area contributed by atoms with E-state index in [0.717, 1.165) is 18.4 Å². The summed E-state index contributed by atoms with van der Waals surface area (Å²) in [6, 6.07) is 19.4. The Labute approximate surface area is 308 Å². The first-order valence-corrected chi connectivity index (χ1v) is 18.6. The number of nitrogens with one attached hydrogen (secondary N) is 1. The van der Waals surface area contributed by atoms with Crippen LogP contribution in [0.5, 0.6) is 5.75 Å². The molecule has 52 heavy (non-hydrogen) atoms. The Balaban J connectivity index is 1.23. The van der Waals surface area contributed by atoms with E-state index in [4.69, 9.17) is 42.6 Å². The zero-order valence-corrected chi connectivity index (χ0v) is 31.6. The average molecular weight is 728 g/mol. The fraction of sp³-hybridized carbons (Fsp3) is 0.650. The van der Waals surface area contributed by atoms with Gasteiger partial charge in [0.1, 0.15) is 30.2 Å². The molecular formula is C40H57NO11. The van der Waals surface area contributed by atoms with Gasteiger partial charge < -0.3 is 47.9 Å². The molecule has 3 fully saturated rings. The molecular weight excluding hydrogens is 670 g/mol. The number of para-hydroxylation sites is 1. The van der Waals surface area contributed by atoms with E-state index in [1.165, 1.54) is 6.92 Å². The number of benzene rings is 2. The van der Waals surface area contributed by atoms with Gasteiger partial charge in [0, 0.05) is 37.5 Å². The Morgan fingerprint density at radius 1 is 0.827 bits per heavy atom. The summed E-state index contributed by atoms with van der Waals surface area (Å²) in [4.78, 5) is 24.3. The Bertz CT molecular complexity index is 1390. The van der Waals surface area contributed by atoms with Gasteiger partial charge in [-0.3, -0.25) is 4.79 Å². The van der Waals surface area contributed by atoms with Crippen LogP contribution < -0.4 is 10.1 Å². The maximum atomic E-state index is 12.4. The predicted octanol–water partition coefficient (Wildman–Crippen LogP) is 6.57. The van der Waals surface area contributed by atoms with Gasteiger partial charge in [0.15, 0.2) is 25.0 Å². The van der Waals surface area contributed by atoms with E-state index < -0.39 is 54.8 Å². The van der Waals surface area contributed by atoms with Gasteiger partial charge in [-0.25, -0.2) is 4.79 Å². The molecule has 12 nitrogen and oxygen atoms in total. The summed E-state index contributed by atoms with van der Waals surface area (Å²) in [6.45, 7) is 14.5. The SMILES string of the molecule is CC(=O)OC1[C@H](OCCCCCNC(=O)OC(C)(C)C)OC(COc2ccccc2)[C@@H](O[C@@H]2OC3COC(c4ccccc4)O[C@@H]3[C@H](C)C2C)[C@@H]1C. The number of amides is 1. The lowest BCUT2D eigenvalue weighted by molar-refractivity contribution is -0.368. The summed E-state index contributed by atoms with van der Waals surface area (Å²) in [6.07, 6.45) is -2.43. The largest absolute Gasteiger partial charge is 0.491 e. The monoisotopic (exact) mass is 727 g/mol. The van der Waals surface area contributed by atoms with Gasteiger partial charge in [-0.05, 0) is 58.1 Å². The maximum absolute atomic E-state index is 12.4. The highest BCUT2D eigenvalue weighted by Gasteiger charge is 2.52. The molecule has 0 saturated carbocycles. The van der Waals surface area contributed by atoms with Crippen molar-refractivity contribution in [3.63, 3.8) is 0 Å². The summed E-state index contributed by atoms with van der Waals surface area (Å²) >= 11 is 0. The van der Waals surface area contributed by atoms with E-state index in [1.54, 1.807) is 0 Å². The summed E-state index contributed by atoms with van der Waals surface area (Å²) in [5.41, 5.74) is 0.425. The van der Waals surface area contributed by atoms with Crippen molar-refractivity contribution in [3.05, 3.63) is 66.2 Å². The molecule has 12 heteroatoms. The lowest BCUT2D eigenvalue weighted by Gasteiger charge is -2.50. The molecule has 0 aliphatic carbocycles. The third-order valence-corrected chi connectivity index (χ3v) is 9.72. The molecule has 3 aliphatic rings. The van der Waals surface area contributed by atoms with Crippen LogP contribution in [0.25, 0.3) is 0 Å². The molecule has 3 aliphatic heterocycles. The van der Waals surface area contributed by atoms with Crippen LogP contribution in [0.3, 0.4) is 0 Å². The van der Waals surface area contributed by atoms with Gasteiger partial charge in [-0.1, -0.05) is 69.3 Å². The third-order valence-electron chi connectivity index (χ3n) is 9.72. The van der Waals surface area contributed by atoms with Crippen molar-refractivity contribution in [1.82, 2.24) is 5.32 Å². The van der Waals surface area contributed by atoms with Crippen LogP contribution in [0.2, 0.25) is 0 Å². The number of ether oxygens (including phenoxy) is 9. The highest BCUT2D eigenvalue weighted by Crippen LogP contribution is 2.42. The first-order valence-electron chi connectivity index (χ1n) is 18.6. The smallest absolute Gasteiger partial charge is 0.407 e. The number of rotatable bonds is 14. The maximum Gasteiger partial charge on any atom is 0.407 e. The molecule has 2 aromatic carbocycles. The van der Waals surface area contributed by atoms with E-state index in [0.29, 0.717) is 31.9 Å². The molecule has 0 radical (unpaired) electrons. The normalized spacial score (nSPS) is 31.9. The molecule has 288 valence electrons. The summed E-state index contributed by atoms with van der Waals surface area (Å²) in [5.74, 6) is -0.0271. The van der Waals surface area contributed by atoms with Crippen LogP contribution in [0.15, 0.2) is 60.7 Å². The molecule has 1 N–H and O–H groups in total. The molecule has 0 spiro atoms. The Morgan fingerprint density at radius 2 is 1.54 bits per heavy atom. The van der Waals surface area contributed by atoms with Crippen LogP contribution in [0.1, 0.15) is 79.6 Å². The first-order chi connectivity index (χ1) is 24.9. The number of esters is 1. The van der Waals surface area contributed by atoms with Crippen molar-refractivity contribution < 1.29 is 52.2 Å². The van der Waals surface area contributed by atoms with Crippen LogP contribution in [-0.2, 0) is 42.7 Å². The number of hydrogen-bond donors (Lipinski definition) is 1. The summed E-state index contributed by atoms with van der Waals surface area (Å²) < 4.78 is 56.1. The lowest BCUT2D eigenvalue weighted by atomic mass is 9.83. The fourth-order valence-corrected chi connectivity index (χ4v) is 6.80. The van der Waals surface area contributed by atoms with E-state index in [2.05, 4.69) is 19.2 Å². The second-order valence-electron chi connectivity index (χ2n) is 15.0. The quantitative estimate of drug-likeness (QED) is 0.168. The second kappa shape index (κ2) is 18.7. The molecule has 0 aromatic heterocycles. The minimum atomic E-state index is -0.842. The van der Waals surface area contributed by atoms with Gasteiger partial charge in [-0.15, -0.1) is 0 Å². The minimum Gasteiger partial charge on any atom is -0.491 e. The van der Waals surface area contributed by atoms with E-state index in [-0.39, 0.29) is 36.6 Å². The Kier molecular flexibility index (Phi) is 14.3. The first kappa shape index (κ1) is 39.9.